The van der Waals surface area contributed by atoms with Gasteiger partial charge in [0.15, 0.2) is 0 Å². The highest BCUT2D eigenvalue weighted by Gasteiger charge is 2.26. The average molecular weight is 511 g/mol. The number of rotatable bonds is 6. The van der Waals surface area contributed by atoms with Crippen molar-refractivity contribution in [2.24, 2.45) is 0 Å². The third-order valence-electron chi connectivity index (χ3n) is 5.31. The van der Waals surface area contributed by atoms with Crippen LogP contribution in [0.25, 0.3) is 22.6 Å². The molecule has 2 aromatic carbocycles. The largest absolute Gasteiger partial charge is 0.464 e. The van der Waals surface area contributed by atoms with E-state index < -0.39 is 27.5 Å². The number of furan rings is 1. The lowest BCUT2D eigenvalue weighted by Crippen LogP contribution is -2.33. The number of carbonyl (C=O) groups is 1. The summed E-state index contributed by atoms with van der Waals surface area (Å²) in [4.78, 5) is 13.8. The fraction of sp³-hybridized carbons (Fsp3) is 0.222. The SMILES string of the molecule is CN(Cc1cc(-c2ccccc2F)n(S(=O)(=O)c2cccc(-c3ccco3)c2)c1)C(=O)OC(C)(C)C. The molecule has 0 unspecified atom stereocenters. The summed E-state index contributed by atoms with van der Waals surface area (Å²) < 4.78 is 54.2. The van der Waals surface area contributed by atoms with Crippen LogP contribution in [-0.4, -0.2) is 36.0 Å². The van der Waals surface area contributed by atoms with E-state index in [9.17, 15) is 17.6 Å². The lowest BCUT2D eigenvalue weighted by molar-refractivity contribution is 0.0285. The van der Waals surface area contributed by atoms with Gasteiger partial charge in [0.25, 0.3) is 10.0 Å². The van der Waals surface area contributed by atoms with Gasteiger partial charge in [-0.2, -0.15) is 0 Å². The van der Waals surface area contributed by atoms with Crippen LogP contribution in [0.2, 0.25) is 0 Å². The Balaban J connectivity index is 1.78. The van der Waals surface area contributed by atoms with Gasteiger partial charge in [0, 0.05) is 24.4 Å². The molecule has 0 spiro atoms. The molecular weight excluding hydrogens is 483 g/mol. The third kappa shape index (κ3) is 5.36. The van der Waals surface area contributed by atoms with Gasteiger partial charge in [0.2, 0.25) is 0 Å². The number of nitrogens with zero attached hydrogens (tertiary/aromatic N) is 2. The van der Waals surface area contributed by atoms with Crippen molar-refractivity contribution in [3.8, 4) is 22.6 Å². The van der Waals surface area contributed by atoms with E-state index in [2.05, 4.69) is 0 Å². The maximum absolute atomic E-state index is 14.8. The fourth-order valence-electron chi connectivity index (χ4n) is 3.69. The lowest BCUT2D eigenvalue weighted by Gasteiger charge is -2.24. The van der Waals surface area contributed by atoms with Crippen LogP contribution in [0.15, 0.2) is 88.5 Å². The van der Waals surface area contributed by atoms with Gasteiger partial charge in [-0.1, -0.05) is 24.3 Å². The highest BCUT2D eigenvalue weighted by molar-refractivity contribution is 7.90. The predicted molar refractivity (Wildman–Crippen MR) is 134 cm³/mol. The Bertz CT molecular complexity index is 1480. The monoisotopic (exact) mass is 510 g/mol. The predicted octanol–water partition coefficient (Wildman–Crippen LogP) is 6.16. The molecule has 2 heterocycles. The van der Waals surface area contributed by atoms with Crippen molar-refractivity contribution < 1.29 is 26.8 Å². The minimum absolute atomic E-state index is 0.0108. The molecule has 2 aromatic heterocycles. The summed E-state index contributed by atoms with van der Waals surface area (Å²) in [5.41, 5.74) is 0.661. The van der Waals surface area contributed by atoms with Crippen LogP contribution in [0, 0.1) is 5.82 Å². The van der Waals surface area contributed by atoms with E-state index in [1.807, 2.05) is 0 Å². The molecule has 7 nitrogen and oxygen atoms in total. The average Bonchev–Trinajstić information content (AvgIpc) is 3.49. The van der Waals surface area contributed by atoms with E-state index in [-0.39, 0.29) is 22.7 Å². The molecule has 0 N–H and O–H groups in total. The Morgan fingerprint density at radius 1 is 1.06 bits per heavy atom. The summed E-state index contributed by atoms with van der Waals surface area (Å²) in [6.07, 6.45) is 2.35. The molecule has 0 saturated heterocycles. The second kappa shape index (κ2) is 9.66. The lowest BCUT2D eigenvalue weighted by atomic mass is 10.1. The van der Waals surface area contributed by atoms with E-state index in [4.69, 9.17) is 9.15 Å². The number of carbonyl (C=O) groups excluding carboxylic acids is 1. The van der Waals surface area contributed by atoms with Crippen LogP contribution in [-0.2, 0) is 21.3 Å². The number of amides is 1. The second-order valence-corrected chi connectivity index (χ2v) is 11.2. The maximum Gasteiger partial charge on any atom is 0.410 e. The van der Waals surface area contributed by atoms with Crippen molar-refractivity contribution in [3.05, 3.63) is 90.6 Å². The summed E-state index contributed by atoms with van der Waals surface area (Å²) >= 11 is 0. The number of benzene rings is 2. The quantitative estimate of drug-likeness (QED) is 0.310. The molecule has 0 bridgehead atoms. The van der Waals surface area contributed by atoms with Crippen molar-refractivity contribution in [1.82, 2.24) is 8.87 Å². The Morgan fingerprint density at radius 2 is 1.81 bits per heavy atom. The van der Waals surface area contributed by atoms with Crippen molar-refractivity contribution in [1.29, 1.82) is 0 Å². The summed E-state index contributed by atoms with van der Waals surface area (Å²) in [6, 6.07) is 17.3. The molecule has 0 aliphatic carbocycles. The first-order chi connectivity index (χ1) is 17.0. The molecule has 0 radical (unpaired) electrons. The van der Waals surface area contributed by atoms with Crippen molar-refractivity contribution >= 4 is 16.1 Å². The minimum Gasteiger partial charge on any atom is -0.464 e. The first-order valence-corrected chi connectivity index (χ1v) is 12.7. The molecule has 0 saturated carbocycles. The van der Waals surface area contributed by atoms with Gasteiger partial charge in [-0.05, 0) is 68.8 Å². The number of aromatic nitrogens is 1. The molecule has 0 fully saturated rings. The standard InChI is InChI=1S/C27H27FN2O5S/c1-27(2,3)35-26(31)29(4)17-19-15-24(22-11-5-6-12-23(22)28)30(18-19)36(32,33)21-10-7-9-20(16-21)25-13-8-14-34-25/h5-16,18H,17H2,1-4H3. The first-order valence-electron chi connectivity index (χ1n) is 11.3. The van der Waals surface area contributed by atoms with E-state index in [0.29, 0.717) is 16.9 Å². The van der Waals surface area contributed by atoms with Crippen LogP contribution in [0.1, 0.15) is 26.3 Å². The zero-order chi connectivity index (χ0) is 26.1. The third-order valence-corrected chi connectivity index (χ3v) is 6.98. The summed E-state index contributed by atoms with van der Waals surface area (Å²) in [5, 5.41) is 0. The highest BCUT2D eigenvalue weighted by atomic mass is 32.2. The normalized spacial score (nSPS) is 11.9. The van der Waals surface area contributed by atoms with Crippen molar-refractivity contribution in [2.75, 3.05) is 7.05 Å². The Kier molecular flexibility index (Phi) is 6.77. The molecule has 188 valence electrons. The van der Waals surface area contributed by atoms with Crippen LogP contribution in [0.5, 0.6) is 0 Å². The Morgan fingerprint density at radius 3 is 2.47 bits per heavy atom. The second-order valence-electron chi connectivity index (χ2n) is 9.36. The summed E-state index contributed by atoms with van der Waals surface area (Å²) in [7, 11) is -2.59. The van der Waals surface area contributed by atoms with Crippen molar-refractivity contribution in [2.45, 2.75) is 37.8 Å². The van der Waals surface area contributed by atoms with Gasteiger partial charge in [-0.25, -0.2) is 21.6 Å². The van der Waals surface area contributed by atoms with Crippen LogP contribution >= 0.6 is 0 Å². The molecule has 9 heteroatoms. The van der Waals surface area contributed by atoms with Crippen LogP contribution in [0.3, 0.4) is 0 Å². The number of hydrogen-bond acceptors (Lipinski definition) is 5. The molecular formula is C27H27FN2O5S. The van der Waals surface area contributed by atoms with Gasteiger partial charge in [-0.3, -0.25) is 0 Å². The zero-order valence-electron chi connectivity index (χ0n) is 20.4. The molecule has 4 rings (SSSR count). The van der Waals surface area contributed by atoms with E-state index >= 15 is 0 Å². The van der Waals surface area contributed by atoms with E-state index in [0.717, 1.165) is 3.97 Å². The summed E-state index contributed by atoms with van der Waals surface area (Å²) in [6.45, 7) is 5.34. The molecule has 0 atom stereocenters. The molecule has 36 heavy (non-hydrogen) atoms. The molecule has 4 aromatic rings. The van der Waals surface area contributed by atoms with E-state index in [1.165, 1.54) is 47.7 Å². The minimum atomic E-state index is -4.14. The zero-order valence-corrected chi connectivity index (χ0v) is 21.3. The smallest absolute Gasteiger partial charge is 0.410 e. The molecule has 0 aliphatic heterocycles. The van der Waals surface area contributed by atoms with Gasteiger partial charge in [-0.15, -0.1) is 0 Å². The number of ether oxygens (including phenoxy) is 1. The van der Waals surface area contributed by atoms with Gasteiger partial charge in [0.05, 0.1) is 23.4 Å². The first kappa shape index (κ1) is 25.2. The van der Waals surface area contributed by atoms with Crippen LogP contribution < -0.4 is 0 Å². The fourth-order valence-corrected chi connectivity index (χ4v) is 5.13. The molecule has 0 aliphatic rings. The maximum atomic E-state index is 14.8. The summed E-state index contributed by atoms with van der Waals surface area (Å²) in [5.74, 6) is -0.0445. The van der Waals surface area contributed by atoms with E-state index in [1.54, 1.807) is 64.2 Å². The highest BCUT2D eigenvalue weighted by Crippen LogP contribution is 2.31. The van der Waals surface area contributed by atoms with Gasteiger partial charge < -0.3 is 14.1 Å². The van der Waals surface area contributed by atoms with Crippen LogP contribution in [0.4, 0.5) is 9.18 Å². The molecule has 1 amide bonds. The van der Waals surface area contributed by atoms with Gasteiger partial charge in [0.1, 0.15) is 17.2 Å². The van der Waals surface area contributed by atoms with Gasteiger partial charge >= 0.3 is 6.09 Å². The number of hydrogen-bond donors (Lipinski definition) is 0. The Labute approximate surface area is 209 Å². The number of halogens is 1. The Hall–Kier alpha value is -3.85. The van der Waals surface area contributed by atoms with Crippen molar-refractivity contribution in [3.63, 3.8) is 0 Å². The topological polar surface area (TPSA) is 81.8 Å².